The van der Waals surface area contributed by atoms with Gasteiger partial charge in [0.05, 0.1) is 11.0 Å². The fourth-order valence-corrected chi connectivity index (χ4v) is 5.15. The zero-order valence-corrected chi connectivity index (χ0v) is 10.4. The van der Waals surface area contributed by atoms with Gasteiger partial charge in [-0.2, -0.15) is 0 Å². The van der Waals surface area contributed by atoms with Gasteiger partial charge in [-0.05, 0) is 31.6 Å². The largest absolute Gasteiger partial charge is 0.311 e. The van der Waals surface area contributed by atoms with E-state index in [4.69, 9.17) is 0 Å². The Hall–Kier alpha value is -0.0900. The Balaban J connectivity index is 2.05. The quantitative estimate of drug-likeness (QED) is 0.797. The van der Waals surface area contributed by atoms with E-state index in [0.29, 0.717) is 17.8 Å². The number of hydrogen-bond donors (Lipinski definition) is 1. The highest BCUT2D eigenvalue weighted by molar-refractivity contribution is 7.92. The molecule has 2 aliphatic rings. The maximum atomic E-state index is 12.1. The van der Waals surface area contributed by atoms with Crippen LogP contribution < -0.4 is 5.32 Å². The molecule has 0 saturated carbocycles. The van der Waals surface area contributed by atoms with E-state index in [1.165, 1.54) is 12.8 Å². The Morgan fingerprint density at radius 3 is 2.20 bits per heavy atom. The zero-order chi connectivity index (χ0) is 11.1. The summed E-state index contributed by atoms with van der Waals surface area (Å²) in [6, 6.07) is 0.936. The summed E-state index contributed by atoms with van der Waals surface area (Å²) >= 11 is 0. The van der Waals surface area contributed by atoms with Crippen LogP contribution >= 0.6 is 0 Å². The molecule has 4 heteroatoms. The van der Waals surface area contributed by atoms with E-state index in [1.54, 1.807) is 0 Å². The van der Waals surface area contributed by atoms with Crippen molar-refractivity contribution >= 4 is 9.84 Å². The third kappa shape index (κ3) is 2.53. The average Bonchev–Trinajstić information content (AvgIpc) is 2.43. The summed E-state index contributed by atoms with van der Waals surface area (Å²) in [6.45, 7) is 3.96. The number of rotatable bonds is 3. The van der Waals surface area contributed by atoms with E-state index in [2.05, 4.69) is 5.32 Å². The number of nitrogens with one attached hydrogen (secondary N) is 1. The summed E-state index contributed by atoms with van der Waals surface area (Å²) in [5, 5.41) is 3.41. The van der Waals surface area contributed by atoms with Crippen LogP contribution in [0.4, 0.5) is 0 Å². The van der Waals surface area contributed by atoms with Crippen LogP contribution in [0.5, 0.6) is 0 Å². The average molecular weight is 231 g/mol. The molecule has 0 aromatic heterocycles. The van der Waals surface area contributed by atoms with E-state index in [9.17, 15) is 8.42 Å². The molecular formula is C11H21NO2S. The van der Waals surface area contributed by atoms with Crippen molar-refractivity contribution in [3.05, 3.63) is 0 Å². The first-order chi connectivity index (χ1) is 6.97. The van der Waals surface area contributed by atoms with Gasteiger partial charge in [0.1, 0.15) is 0 Å². The van der Waals surface area contributed by atoms with Crippen molar-refractivity contribution in [3.63, 3.8) is 0 Å². The van der Waals surface area contributed by atoms with Gasteiger partial charge in [0, 0.05) is 12.1 Å². The summed E-state index contributed by atoms with van der Waals surface area (Å²) in [7, 11) is -2.85. The molecule has 2 saturated heterocycles. The first kappa shape index (κ1) is 11.4. The normalized spacial score (nSPS) is 36.1. The second kappa shape index (κ2) is 4.06. The molecule has 88 valence electrons. The van der Waals surface area contributed by atoms with Gasteiger partial charge < -0.3 is 5.32 Å². The third-order valence-corrected chi connectivity index (χ3v) is 6.04. The topological polar surface area (TPSA) is 46.2 Å². The fourth-order valence-electron chi connectivity index (χ4n) is 2.90. The van der Waals surface area contributed by atoms with E-state index in [-0.39, 0.29) is 11.2 Å². The lowest BCUT2D eigenvalue weighted by molar-refractivity contribution is 0.400. The maximum Gasteiger partial charge on any atom is 0.153 e. The van der Waals surface area contributed by atoms with Crippen LogP contribution in [0, 0.1) is 5.92 Å². The third-order valence-electron chi connectivity index (χ3n) is 3.50. The lowest BCUT2D eigenvalue weighted by atomic mass is 10.1. The number of hydrogen-bond acceptors (Lipinski definition) is 3. The van der Waals surface area contributed by atoms with Gasteiger partial charge in [-0.25, -0.2) is 8.42 Å². The van der Waals surface area contributed by atoms with Gasteiger partial charge in [0.25, 0.3) is 0 Å². The lowest BCUT2D eigenvalue weighted by Crippen LogP contribution is -2.44. The Labute approximate surface area is 92.6 Å². The summed E-state index contributed by atoms with van der Waals surface area (Å²) in [4.78, 5) is 0. The molecule has 1 N–H and O–H groups in total. The van der Waals surface area contributed by atoms with Crippen LogP contribution in [-0.2, 0) is 9.84 Å². The Morgan fingerprint density at radius 1 is 1.20 bits per heavy atom. The standard InChI is InChI=1S/C11H21NO2S/c1-8(2)7-15(13,14)11-5-9-3-4-10(6-11)12-9/h8-12H,3-7H2,1-2H3. The summed E-state index contributed by atoms with van der Waals surface area (Å²) in [5.74, 6) is 0.611. The molecule has 0 aliphatic carbocycles. The minimum Gasteiger partial charge on any atom is -0.311 e. The zero-order valence-electron chi connectivity index (χ0n) is 9.57. The number of sulfone groups is 1. The molecule has 2 atom stereocenters. The molecule has 2 heterocycles. The summed E-state index contributed by atoms with van der Waals surface area (Å²) in [6.07, 6.45) is 4.01. The smallest absolute Gasteiger partial charge is 0.153 e. The highest BCUT2D eigenvalue weighted by atomic mass is 32.2. The Bertz CT molecular complexity index is 311. The molecule has 0 amide bonds. The van der Waals surface area contributed by atoms with E-state index in [0.717, 1.165) is 12.8 Å². The predicted molar refractivity (Wildman–Crippen MR) is 61.6 cm³/mol. The molecule has 0 spiro atoms. The first-order valence-electron chi connectivity index (χ1n) is 5.95. The second-order valence-electron chi connectivity index (χ2n) is 5.45. The molecule has 0 aromatic carbocycles. The number of fused-ring (bicyclic) bond motifs is 2. The van der Waals surface area contributed by atoms with Crippen molar-refractivity contribution in [2.45, 2.75) is 56.9 Å². The minimum absolute atomic E-state index is 0.0707. The highest BCUT2D eigenvalue weighted by Gasteiger charge is 2.39. The van der Waals surface area contributed by atoms with Gasteiger partial charge >= 0.3 is 0 Å². The van der Waals surface area contributed by atoms with Crippen LogP contribution in [0.1, 0.15) is 39.5 Å². The van der Waals surface area contributed by atoms with Crippen LogP contribution in [0.2, 0.25) is 0 Å². The van der Waals surface area contributed by atoms with E-state index < -0.39 is 9.84 Å². The molecule has 0 radical (unpaired) electrons. The van der Waals surface area contributed by atoms with E-state index >= 15 is 0 Å². The second-order valence-corrected chi connectivity index (χ2v) is 7.78. The van der Waals surface area contributed by atoms with Crippen LogP contribution in [-0.4, -0.2) is 31.5 Å². The van der Waals surface area contributed by atoms with Crippen molar-refractivity contribution in [2.24, 2.45) is 5.92 Å². The first-order valence-corrected chi connectivity index (χ1v) is 7.66. The fraction of sp³-hybridized carbons (Fsp3) is 1.00. The van der Waals surface area contributed by atoms with Crippen molar-refractivity contribution < 1.29 is 8.42 Å². The molecule has 2 rings (SSSR count). The van der Waals surface area contributed by atoms with Crippen LogP contribution in [0.15, 0.2) is 0 Å². The molecule has 2 aliphatic heterocycles. The van der Waals surface area contributed by atoms with E-state index in [1.807, 2.05) is 13.8 Å². The Morgan fingerprint density at radius 2 is 1.73 bits per heavy atom. The van der Waals surface area contributed by atoms with Crippen LogP contribution in [0.25, 0.3) is 0 Å². The predicted octanol–water partition coefficient (Wildman–Crippen LogP) is 1.34. The molecule has 15 heavy (non-hydrogen) atoms. The molecular weight excluding hydrogens is 210 g/mol. The SMILES string of the molecule is CC(C)CS(=O)(=O)C1CC2CCC(C1)N2. The molecule has 2 unspecified atom stereocenters. The van der Waals surface area contributed by atoms with Gasteiger partial charge in [0.2, 0.25) is 0 Å². The molecule has 3 nitrogen and oxygen atoms in total. The molecule has 2 fully saturated rings. The van der Waals surface area contributed by atoms with Gasteiger partial charge in [-0.1, -0.05) is 13.8 Å². The number of piperidine rings is 1. The summed E-state index contributed by atoms with van der Waals surface area (Å²) < 4.78 is 24.2. The van der Waals surface area contributed by atoms with Crippen molar-refractivity contribution in [2.75, 3.05) is 5.75 Å². The Kier molecular flexibility index (Phi) is 3.08. The minimum atomic E-state index is -2.85. The van der Waals surface area contributed by atoms with Crippen molar-refractivity contribution in [3.8, 4) is 0 Å². The summed E-state index contributed by atoms with van der Waals surface area (Å²) in [5.41, 5.74) is 0. The van der Waals surface area contributed by atoms with Crippen LogP contribution in [0.3, 0.4) is 0 Å². The van der Waals surface area contributed by atoms with Gasteiger partial charge in [-0.15, -0.1) is 0 Å². The highest BCUT2D eigenvalue weighted by Crippen LogP contribution is 2.31. The maximum absolute atomic E-state index is 12.1. The molecule has 0 aromatic rings. The van der Waals surface area contributed by atoms with Gasteiger partial charge in [0.15, 0.2) is 9.84 Å². The van der Waals surface area contributed by atoms with Crippen molar-refractivity contribution in [1.82, 2.24) is 5.32 Å². The van der Waals surface area contributed by atoms with Gasteiger partial charge in [-0.3, -0.25) is 0 Å². The van der Waals surface area contributed by atoms with Crippen molar-refractivity contribution in [1.29, 1.82) is 0 Å². The lowest BCUT2D eigenvalue weighted by Gasteiger charge is -2.29. The molecule has 2 bridgehead atoms. The monoisotopic (exact) mass is 231 g/mol.